The zero-order valence-corrected chi connectivity index (χ0v) is 17.4. The summed E-state index contributed by atoms with van der Waals surface area (Å²) in [6, 6.07) is 11.2. The van der Waals surface area contributed by atoms with Crippen molar-refractivity contribution in [2.45, 2.75) is 78.0 Å². The molecule has 150 valence electrons. The topological polar surface area (TPSA) is 45.1 Å². The third-order valence-electron chi connectivity index (χ3n) is 5.06. The molecule has 0 aliphatic heterocycles. The Kier molecular flexibility index (Phi) is 9.02. The Morgan fingerprint density at radius 2 is 1.70 bits per heavy atom. The molecule has 0 heterocycles. The van der Waals surface area contributed by atoms with Gasteiger partial charge in [-0.1, -0.05) is 41.9 Å². The van der Waals surface area contributed by atoms with Gasteiger partial charge in [-0.15, -0.1) is 0 Å². The summed E-state index contributed by atoms with van der Waals surface area (Å²) in [5.74, 6) is 0. The molecule has 0 aromatic heterocycles. The van der Waals surface area contributed by atoms with E-state index in [9.17, 15) is 5.11 Å². The molecule has 1 aromatic carbocycles. The Bertz CT molecular complexity index is 600. The summed E-state index contributed by atoms with van der Waals surface area (Å²) in [5, 5.41) is 14.8. The van der Waals surface area contributed by atoms with Crippen LogP contribution in [-0.4, -0.2) is 47.1 Å². The van der Waals surface area contributed by atoms with Gasteiger partial charge in [0, 0.05) is 18.6 Å². The molecule has 0 radical (unpaired) electrons. The number of nitrogens with zero attached hydrogens (tertiary/aromatic N) is 2. The second kappa shape index (κ2) is 11.3. The maximum Gasteiger partial charge on any atom is 0.144 e. The third-order valence-corrected chi connectivity index (χ3v) is 5.06. The fourth-order valence-corrected chi connectivity index (χ4v) is 3.61. The summed E-state index contributed by atoms with van der Waals surface area (Å²) in [6.45, 7) is 9.45. The normalized spacial score (nSPS) is 19.9. The molecular weight excluding hydrogens is 336 g/mol. The highest BCUT2D eigenvalue weighted by Crippen LogP contribution is 2.23. The van der Waals surface area contributed by atoms with Crippen LogP contribution in [0.1, 0.15) is 65.4 Å². The fraction of sp³-hybridized carbons (Fsp3) is 0.609. The molecule has 0 amide bonds. The lowest BCUT2D eigenvalue weighted by atomic mass is 10.0. The van der Waals surface area contributed by atoms with E-state index in [-0.39, 0.29) is 6.61 Å². The largest absolute Gasteiger partial charge is 0.393 e. The van der Waals surface area contributed by atoms with E-state index in [4.69, 9.17) is 4.84 Å². The van der Waals surface area contributed by atoms with Gasteiger partial charge in [-0.2, -0.15) is 0 Å². The van der Waals surface area contributed by atoms with Crippen LogP contribution < -0.4 is 0 Å². The smallest absolute Gasteiger partial charge is 0.144 e. The summed E-state index contributed by atoms with van der Waals surface area (Å²) in [4.78, 5) is 7.86. The number of aliphatic hydroxyl groups is 1. The SMILES string of the molecule is CC(C)N(CC(O)CO/N=C1\CCCCC\C1=C\c1ccccc1)C(C)C. The van der Waals surface area contributed by atoms with Crippen molar-refractivity contribution < 1.29 is 9.94 Å². The number of benzene rings is 1. The van der Waals surface area contributed by atoms with Crippen LogP contribution in [0, 0.1) is 0 Å². The molecule has 1 atom stereocenters. The van der Waals surface area contributed by atoms with E-state index in [0.717, 1.165) is 25.0 Å². The van der Waals surface area contributed by atoms with E-state index in [2.05, 4.69) is 68.1 Å². The fourth-order valence-electron chi connectivity index (χ4n) is 3.61. The monoisotopic (exact) mass is 372 g/mol. The van der Waals surface area contributed by atoms with Crippen LogP contribution in [0.2, 0.25) is 0 Å². The number of hydrogen-bond donors (Lipinski definition) is 1. The van der Waals surface area contributed by atoms with Gasteiger partial charge in [-0.05, 0) is 70.6 Å². The van der Waals surface area contributed by atoms with Crippen molar-refractivity contribution in [3.63, 3.8) is 0 Å². The number of hydrogen-bond acceptors (Lipinski definition) is 4. The van der Waals surface area contributed by atoms with Crippen LogP contribution >= 0.6 is 0 Å². The van der Waals surface area contributed by atoms with E-state index in [1.807, 2.05) is 6.07 Å². The number of rotatable bonds is 8. The Morgan fingerprint density at radius 3 is 2.37 bits per heavy atom. The van der Waals surface area contributed by atoms with Crippen molar-refractivity contribution >= 4 is 11.8 Å². The molecule has 0 bridgehead atoms. The first-order chi connectivity index (χ1) is 13.0. The lowest BCUT2D eigenvalue weighted by Crippen LogP contribution is -2.43. The molecular formula is C23H36N2O2. The minimum atomic E-state index is -0.536. The Labute approximate surface area is 164 Å². The van der Waals surface area contributed by atoms with Crippen LogP contribution in [0.15, 0.2) is 41.1 Å². The first-order valence-electron chi connectivity index (χ1n) is 10.4. The average Bonchev–Trinajstić information content (AvgIpc) is 2.85. The van der Waals surface area contributed by atoms with Gasteiger partial charge < -0.3 is 9.94 Å². The summed E-state index contributed by atoms with van der Waals surface area (Å²) in [5.41, 5.74) is 3.50. The highest BCUT2D eigenvalue weighted by molar-refractivity contribution is 6.03. The molecule has 1 N–H and O–H groups in total. The number of aliphatic hydroxyl groups excluding tert-OH is 1. The molecule has 1 saturated carbocycles. The van der Waals surface area contributed by atoms with Crippen molar-refractivity contribution in [1.29, 1.82) is 0 Å². The summed E-state index contributed by atoms with van der Waals surface area (Å²) in [6.07, 6.45) is 7.23. The minimum absolute atomic E-state index is 0.234. The van der Waals surface area contributed by atoms with Crippen molar-refractivity contribution in [1.82, 2.24) is 4.90 Å². The lowest BCUT2D eigenvalue weighted by molar-refractivity contribution is 0.00584. The molecule has 0 spiro atoms. The Balaban J connectivity index is 1.98. The van der Waals surface area contributed by atoms with Gasteiger partial charge in [-0.3, -0.25) is 4.90 Å². The van der Waals surface area contributed by atoms with E-state index >= 15 is 0 Å². The van der Waals surface area contributed by atoms with E-state index in [0.29, 0.717) is 18.6 Å². The molecule has 1 aromatic rings. The third kappa shape index (κ3) is 7.47. The molecule has 4 heteroatoms. The zero-order valence-electron chi connectivity index (χ0n) is 17.4. The first kappa shape index (κ1) is 21.6. The standard InChI is InChI=1S/C23H36N2O2/c1-18(2)25(19(3)4)16-22(26)17-27-24-23-14-10-6-9-13-21(23)15-20-11-7-5-8-12-20/h5,7-8,11-12,15,18-19,22,26H,6,9-10,13-14,16-17H2,1-4H3/b21-15-,24-23+. The zero-order chi connectivity index (χ0) is 19.6. The number of oxime groups is 1. The van der Waals surface area contributed by atoms with Crippen LogP contribution in [-0.2, 0) is 4.84 Å². The number of allylic oxidation sites excluding steroid dienone is 1. The van der Waals surface area contributed by atoms with Gasteiger partial charge in [0.1, 0.15) is 12.7 Å². The average molecular weight is 373 g/mol. The van der Waals surface area contributed by atoms with Crippen LogP contribution in [0.25, 0.3) is 6.08 Å². The molecule has 1 fully saturated rings. The second-order valence-electron chi connectivity index (χ2n) is 8.01. The van der Waals surface area contributed by atoms with Gasteiger partial charge in [0.15, 0.2) is 0 Å². The molecule has 1 aliphatic rings. The highest BCUT2D eigenvalue weighted by Gasteiger charge is 2.18. The summed E-state index contributed by atoms with van der Waals surface area (Å²) in [7, 11) is 0. The van der Waals surface area contributed by atoms with E-state index in [1.54, 1.807) is 0 Å². The van der Waals surface area contributed by atoms with Crippen LogP contribution in [0.4, 0.5) is 0 Å². The summed E-state index contributed by atoms with van der Waals surface area (Å²) < 4.78 is 0. The van der Waals surface area contributed by atoms with Gasteiger partial charge in [0.25, 0.3) is 0 Å². The van der Waals surface area contributed by atoms with Crippen molar-refractivity contribution in [3.8, 4) is 0 Å². The molecule has 1 aliphatic carbocycles. The highest BCUT2D eigenvalue weighted by atomic mass is 16.6. The van der Waals surface area contributed by atoms with E-state index in [1.165, 1.54) is 24.0 Å². The minimum Gasteiger partial charge on any atom is -0.393 e. The Hall–Kier alpha value is -1.65. The van der Waals surface area contributed by atoms with Gasteiger partial charge in [0.05, 0.1) is 5.71 Å². The maximum absolute atomic E-state index is 10.4. The van der Waals surface area contributed by atoms with Crippen molar-refractivity contribution in [2.75, 3.05) is 13.2 Å². The van der Waals surface area contributed by atoms with Gasteiger partial charge >= 0.3 is 0 Å². The van der Waals surface area contributed by atoms with Crippen LogP contribution in [0.5, 0.6) is 0 Å². The maximum atomic E-state index is 10.4. The Morgan fingerprint density at radius 1 is 1.04 bits per heavy atom. The predicted octanol–water partition coefficient (Wildman–Crippen LogP) is 4.89. The van der Waals surface area contributed by atoms with Gasteiger partial charge in [0.2, 0.25) is 0 Å². The quantitative estimate of drug-likeness (QED) is 0.522. The second-order valence-corrected chi connectivity index (χ2v) is 8.01. The molecule has 0 saturated heterocycles. The molecule has 4 nitrogen and oxygen atoms in total. The van der Waals surface area contributed by atoms with Gasteiger partial charge in [-0.25, -0.2) is 0 Å². The van der Waals surface area contributed by atoms with Crippen molar-refractivity contribution in [2.24, 2.45) is 5.16 Å². The van der Waals surface area contributed by atoms with E-state index < -0.39 is 6.10 Å². The molecule has 2 rings (SSSR count). The lowest BCUT2D eigenvalue weighted by Gasteiger charge is -2.31. The van der Waals surface area contributed by atoms with Crippen LogP contribution in [0.3, 0.4) is 0 Å². The molecule has 27 heavy (non-hydrogen) atoms. The molecule has 1 unspecified atom stereocenters. The first-order valence-corrected chi connectivity index (χ1v) is 10.4. The summed E-state index contributed by atoms with van der Waals surface area (Å²) >= 11 is 0. The predicted molar refractivity (Wildman–Crippen MR) is 114 cm³/mol. The van der Waals surface area contributed by atoms with Crippen molar-refractivity contribution in [3.05, 3.63) is 41.5 Å².